The van der Waals surface area contributed by atoms with E-state index in [0.29, 0.717) is 6.64 Å². The van der Waals surface area contributed by atoms with E-state index in [-0.39, 0.29) is 0 Å². The summed E-state index contributed by atoms with van der Waals surface area (Å²) in [5.41, 5.74) is 0. The van der Waals surface area contributed by atoms with Crippen LogP contribution >= 0.6 is 28.3 Å². The van der Waals surface area contributed by atoms with E-state index in [1.807, 2.05) is 13.8 Å². The summed E-state index contributed by atoms with van der Waals surface area (Å²) in [5.74, 6) is 0. The van der Waals surface area contributed by atoms with E-state index < -0.39 is 0 Å². The first-order chi connectivity index (χ1) is 2.91. The Morgan fingerprint density at radius 2 is 2.00 bits per heavy atom. The van der Waals surface area contributed by atoms with Crippen molar-refractivity contribution < 1.29 is 1.37 Å². The molecule has 34 valence electrons. The van der Waals surface area contributed by atoms with Gasteiger partial charge >= 0.3 is 0 Å². The lowest BCUT2D eigenvalue weighted by Gasteiger charge is -1.47. The molecular weight excluding hydrogens is 194 g/mol. The van der Waals surface area contributed by atoms with Gasteiger partial charge in [-0.05, 0) is 6.64 Å². The Kier molecular flexibility index (Phi) is 23.6. The van der Waals surface area contributed by atoms with Crippen molar-refractivity contribution in [3.05, 3.63) is 0 Å². The molecule has 0 aromatic rings. The topological polar surface area (TPSA) is 0 Å². The molecule has 0 aromatic heterocycles. The minimum absolute atomic E-state index is 0.584. The van der Waals surface area contributed by atoms with Gasteiger partial charge in [-0.2, -0.15) is 0 Å². The van der Waals surface area contributed by atoms with Crippen LogP contribution in [0.15, 0.2) is 0 Å². The first kappa shape index (κ1) is 6.16. The molecule has 0 saturated heterocycles. The van der Waals surface area contributed by atoms with Crippen molar-refractivity contribution in [2.24, 2.45) is 0 Å². The maximum atomic E-state index is 6.46. The molecule has 0 aliphatic heterocycles. The standard InChI is InChI=1S/C2H6.CH4IP/c1-2;1-3-2/h1-2H3;3H,1H3/i;1T. The highest BCUT2D eigenvalue weighted by Crippen LogP contribution is 2.11. The SMILES string of the molecule is CC.[3H]CPI. The summed E-state index contributed by atoms with van der Waals surface area (Å²) in [6.45, 7) is 4.58. The normalized spacial score (nSPS) is 9.80. The zero-order valence-electron chi connectivity index (χ0n) is 4.59. The molecule has 0 heterocycles. The fraction of sp³-hybridized carbons (Fsp3) is 1.00. The lowest BCUT2D eigenvalue weighted by molar-refractivity contribution is 1.50. The van der Waals surface area contributed by atoms with Crippen molar-refractivity contribution >= 4 is 28.3 Å². The highest BCUT2D eigenvalue weighted by atomic mass is 127. The third-order valence-electron chi connectivity index (χ3n) is 0. The summed E-state index contributed by atoms with van der Waals surface area (Å²) in [7, 11) is 0. The minimum Gasteiger partial charge on any atom is -0.0683 e. The molecule has 0 rings (SSSR count). The molecule has 0 N–H and O–H groups in total. The second-order valence-corrected chi connectivity index (χ2v) is 2.69. The van der Waals surface area contributed by atoms with Crippen LogP contribution in [0.25, 0.3) is 0 Å². The number of hydrogen-bond acceptors (Lipinski definition) is 0. The predicted molar refractivity (Wildman–Crippen MR) is 39.6 cm³/mol. The van der Waals surface area contributed by atoms with E-state index in [4.69, 9.17) is 1.37 Å². The molecule has 5 heavy (non-hydrogen) atoms. The molecule has 0 aromatic carbocycles. The molecular formula is C3H10IP. The van der Waals surface area contributed by atoms with Gasteiger partial charge in [0.25, 0.3) is 0 Å². The number of rotatable bonds is 0. The van der Waals surface area contributed by atoms with Gasteiger partial charge in [0.15, 0.2) is 0 Å². The summed E-state index contributed by atoms with van der Waals surface area (Å²) < 4.78 is 6.46. The fourth-order valence-corrected chi connectivity index (χ4v) is 0. The Balaban J connectivity index is 0. The monoisotopic (exact) mass is 206 g/mol. The zero-order chi connectivity index (χ0) is 5.41. The van der Waals surface area contributed by atoms with E-state index in [9.17, 15) is 0 Å². The second kappa shape index (κ2) is 19.1. The highest BCUT2D eigenvalue weighted by Gasteiger charge is 1.36. The first-order valence-corrected chi connectivity index (χ1v) is 5.86. The molecule has 1 atom stereocenters. The Morgan fingerprint density at radius 1 is 1.80 bits per heavy atom. The van der Waals surface area contributed by atoms with Crippen molar-refractivity contribution in [3.63, 3.8) is 0 Å². The van der Waals surface area contributed by atoms with Gasteiger partial charge in [0.1, 0.15) is 0 Å². The summed E-state index contributed by atoms with van der Waals surface area (Å²) in [5, 5.41) is 0. The molecule has 1 unspecified atom stereocenters. The molecule has 0 nitrogen and oxygen atoms in total. The molecule has 0 amide bonds. The van der Waals surface area contributed by atoms with E-state index in [0.717, 1.165) is 6.22 Å². The van der Waals surface area contributed by atoms with Crippen LogP contribution < -0.4 is 0 Å². The van der Waals surface area contributed by atoms with Crippen LogP contribution in [0.4, 0.5) is 0 Å². The Bertz CT molecular complexity index is 12.8. The molecule has 0 spiro atoms. The molecule has 0 aliphatic carbocycles. The van der Waals surface area contributed by atoms with Crippen LogP contribution in [0, 0.1) is 0 Å². The van der Waals surface area contributed by atoms with E-state index in [2.05, 4.69) is 22.0 Å². The lowest BCUT2D eigenvalue weighted by atomic mass is 11.0. The summed E-state index contributed by atoms with van der Waals surface area (Å²) in [6, 6.07) is 0. The maximum Gasteiger partial charge on any atom is 0.0284 e. The Hall–Kier alpha value is 1.16. The largest absolute Gasteiger partial charge is 0.0683 e. The zero-order valence-corrected chi connectivity index (χ0v) is 6.74. The lowest BCUT2D eigenvalue weighted by Crippen LogP contribution is -0.974. The third-order valence-corrected chi connectivity index (χ3v) is 0. The van der Waals surface area contributed by atoms with Crippen molar-refractivity contribution in [2.75, 3.05) is 6.64 Å². The van der Waals surface area contributed by atoms with Gasteiger partial charge in [0.05, 0.1) is 0 Å². The molecule has 0 bridgehead atoms. The van der Waals surface area contributed by atoms with Gasteiger partial charge in [-0.1, -0.05) is 42.1 Å². The molecule has 2 heteroatoms. The van der Waals surface area contributed by atoms with Gasteiger partial charge in [0.2, 0.25) is 0 Å². The number of hydrogen-bond donors (Lipinski definition) is 0. The van der Waals surface area contributed by atoms with Crippen LogP contribution in [0.5, 0.6) is 0 Å². The maximum absolute atomic E-state index is 6.46. The van der Waals surface area contributed by atoms with Crippen molar-refractivity contribution in [1.82, 2.24) is 0 Å². The quantitative estimate of drug-likeness (QED) is 0.422. The van der Waals surface area contributed by atoms with E-state index >= 15 is 0 Å². The summed E-state index contributed by atoms with van der Waals surface area (Å²) in [4.78, 5) is 0. The third kappa shape index (κ3) is 38.3. The van der Waals surface area contributed by atoms with E-state index in [1.54, 1.807) is 0 Å². The Morgan fingerprint density at radius 3 is 2.00 bits per heavy atom. The van der Waals surface area contributed by atoms with Crippen LogP contribution in [-0.4, -0.2) is 6.64 Å². The van der Waals surface area contributed by atoms with Gasteiger partial charge in [-0.25, -0.2) is 0 Å². The van der Waals surface area contributed by atoms with Crippen molar-refractivity contribution in [3.8, 4) is 0 Å². The average molecular weight is 206 g/mol. The summed E-state index contributed by atoms with van der Waals surface area (Å²) >= 11 is 2.19. The number of halogens is 1. The molecule has 0 fully saturated rings. The van der Waals surface area contributed by atoms with Gasteiger partial charge in [-0.3, -0.25) is 0 Å². The first-order valence-electron chi connectivity index (χ1n) is 2.25. The molecule has 0 radical (unpaired) electrons. The second-order valence-electron chi connectivity index (χ2n) is 0.134. The smallest absolute Gasteiger partial charge is 0.0284 e. The highest BCUT2D eigenvalue weighted by molar-refractivity contribution is 14.2. The van der Waals surface area contributed by atoms with E-state index in [1.165, 1.54) is 0 Å². The van der Waals surface area contributed by atoms with Crippen LogP contribution in [0.2, 0.25) is 0 Å². The molecule has 0 saturated carbocycles. The summed E-state index contributed by atoms with van der Waals surface area (Å²) in [6.07, 6.45) is 0.777. The van der Waals surface area contributed by atoms with Crippen LogP contribution in [0.1, 0.15) is 15.2 Å². The van der Waals surface area contributed by atoms with Crippen molar-refractivity contribution in [1.29, 1.82) is 0 Å². The molecule has 0 aliphatic rings. The minimum atomic E-state index is 0.584. The van der Waals surface area contributed by atoms with Gasteiger partial charge < -0.3 is 0 Å². The van der Waals surface area contributed by atoms with Gasteiger partial charge in [0, 0.05) is 1.37 Å². The Labute approximate surface area is 50.4 Å². The van der Waals surface area contributed by atoms with Crippen molar-refractivity contribution in [2.45, 2.75) is 13.8 Å². The van der Waals surface area contributed by atoms with Crippen LogP contribution in [0.3, 0.4) is 0 Å². The fourth-order valence-electron chi connectivity index (χ4n) is 0. The predicted octanol–water partition coefficient (Wildman–Crippen LogP) is 2.67. The average Bonchev–Trinajstić information content (AvgIpc) is 1.72. The van der Waals surface area contributed by atoms with Gasteiger partial charge in [-0.15, -0.1) is 0 Å². The van der Waals surface area contributed by atoms with Crippen LogP contribution in [-0.2, 0) is 0 Å².